The number of carbonyl (C=O) groups excluding carboxylic acids is 3. The highest BCUT2D eigenvalue weighted by molar-refractivity contribution is 7.09. The van der Waals surface area contributed by atoms with Crippen molar-refractivity contribution >= 4 is 34.9 Å². The Kier molecular flexibility index (Phi) is 7.94. The van der Waals surface area contributed by atoms with Crippen molar-refractivity contribution in [1.29, 1.82) is 0 Å². The van der Waals surface area contributed by atoms with Crippen molar-refractivity contribution in [3.05, 3.63) is 76.2 Å². The number of carbonyl (C=O) groups is 3. The molecule has 182 valence electrons. The van der Waals surface area contributed by atoms with Crippen molar-refractivity contribution in [2.45, 2.75) is 13.5 Å². The molecule has 1 aliphatic rings. The highest BCUT2D eigenvalue weighted by Crippen LogP contribution is 2.17. The Balaban J connectivity index is 1.21. The molecule has 3 amide bonds. The molecular formula is C25H26N4O5S. The molecule has 2 heterocycles. The Morgan fingerprint density at radius 3 is 2.46 bits per heavy atom. The first-order valence-corrected chi connectivity index (χ1v) is 12.1. The molecule has 3 aromatic rings. The molecule has 0 spiro atoms. The summed E-state index contributed by atoms with van der Waals surface area (Å²) in [4.78, 5) is 45.0. The molecule has 35 heavy (non-hydrogen) atoms. The Morgan fingerprint density at radius 2 is 1.74 bits per heavy atom. The zero-order valence-corrected chi connectivity index (χ0v) is 20.1. The van der Waals surface area contributed by atoms with Crippen LogP contribution >= 0.6 is 11.3 Å². The molecule has 0 aliphatic carbocycles. The SMILES string of the molecule is Cc1nc(COc2cccc(C(=O)OCC(=O)N3CCN(C(=O)Nc4ccccc4)CC3)c2)cs1. The fourth-order valence-corrected chi connectivity index (χ4v) is 4.13. The molecular weight excluding hydrogens is 468 g/mol. The third-order valence-corrected chi connectivity index (χ3v) is 6.22. The second-order valence-corrected chi connectivity index (χ2v) is 8.98. The summed E-state index contributed by atoms with van der Waals surface area (Å²) in [6.45, 7) is 3.41. The quantitative estimate of drug-likeness (QED) is 0.504. The molecule has 0 bridgehead atoms. The van der Waals surface area contributed by atoms with E-state index in [1.165, 1.54) is 0 Å². The van der Waals surface area contributed by atoms with E-state index in [0.29, 0.717) is 44.1 Å². The number of urea groups is 1. The van der Waals surface area contributed by atoms with E-state index in [0.717, 1.165) is 16.4 Å². The first-order valence-electron chi connectivity index (χ1n) is 11.2. The number of para-hydroxylation sites is 1. The number of thiazole rings is 1. The van der Waals surface area contributed by atoms with Crippen LogP contribution in [0.4, 0.5) is 10.5 Å². The van der Waals surface area contributed by atoms with E-state index in [-0.39, 0.29) is 18.5 Å². The minimum absolute atomic E-state index is 0.207. The van der Waals surface area contributed by atoms with Gasteiger partial charge in [-0.2, -0.15) is 0 Å². The van der Waals surface area contributed by atoms with Crippen LogP contribution in [0.2, 0.25) is 0 Å². The minimum Gasteiger partial charge on any atom is -0.487 e. The van der Waals surface area contributed by atoms with Gasteiger partial charge in [0.25, 0.3) is 5.91 Å². The second-order valence-electron chi connectivity index (χ2n) is 7.91. The largest absolute Gasteiger partial charge is 0.487 e. The van der Waals surface area contributed by atoms with Crippen LogP contribution in [-0.4, -0.2) is 65.5 Å². The van der Waals surface area contributed by atoms with E-state index in [2.05, 4.69) is 10.3 Å². The van der Waals surface area contributed by atoms with Gasteiger partial charge in [0, 0.05) is 37.2 Å². The number of hydrogen-bond donors (Lipinski definition) is 1. The van der Waals surface area contributed by atoms with Gasteiger partial charge >= 0.3 is 12.0 Å². The molecule has 1 aromatic heterocycles. The summed E-state index contributed by atoms with van der Waals surface area (Å²) in [5, 5.41) is 5.72. The predicted molar refractivity (Wildman–Crippen MR) is 132 cm³/mol. The molecule has 9 nitrogen and oxygen atoms in total. The van der Waals surface area contributed by atoms with Crippen LogP contribution in [0.1, 0.15) is 21.1 Å². The van der Waals surface area contributed by atoms with Crippen LogP contribution in [0.25, 0.3) is 0 Å². The smallest absolute Gasteiger partial charge is 0.338 e. The van der Waals surface area contributed by atoms with Crippen LogP contribution in [-0.2, 0) is 16.1 Å². The van der Waals surface area contributed by atoms with Gasteiger partial charge in [-0.3, -0.25) is 4.79 Å². The number of hydrogen-bond acceptors (Lipinski definition) is 7. The van der Waals surface area contributed by atoms with Crippen LogP contribution in [0.5, 0.6) is 5.75 Å². The van der Waals surface area contributed by atoms with Crippen molar-refractivity contribution in [1.82, 2.24) is 14.8 Å². The summed E-state index contributed by atoms with van der Waals surface area (Å²) in [7, 11) is 0. The number of rotatable bonds is 7. The molecule has 1 saturated heterocycles. The number of amides is 3. The lowest BCUT2D eigenvalue weighted by Crippen LogP contribution is -2.52. The van der Waals surface area contributed by atoms with Crippen LogP contribution < -0.4 is 10.1 Å². The van der Waals surface area contributed by atoms with E-state index in [4.69, 9.17) is 9.47 Å². The topological polar surface area (TPSA) is 101 Å². The zero-order chi connectivity index (χ0) is 24.6. The summed E-state index contributed by atoms with van der Waals surface area (Å²) in [5.41, 5.74) is 1.84. The number of esters is 1. The van der Waals surface area contributed by atoms with Gasteiger partial charge in [-0.15, -0.1) is 11.3 Å². The maximum Gasteiger partial charge on any atom is 0.338 e. The molecule has 0 radical (unpaired) electrons. The van der Waals surface area contributed by atoms with Crippen molar-refractivity contribution < 1.29 is 23.9 Å². The number of aromatic nitrogens is 1. The standard InChI is InChI=1S/C25H26N4O5S/c1-18-26-21(17-35-18)15-33-22-9-5-6-19(14-22)24(31)34-16-23(30)28-10-12-29(13-11-28)25(32)27-20-7-3-2-4-8-20/h2-9,14,17H,10-13,15-16H2,1H3,(H,27,32). The van der Waals surface area contributed by atoms with E-state index in [1.807, 2.05) is 42.6 Å². The summed E-state index contributed by atoms with van der Waals surface area (Å²) >= 11 is 1.55. The van der Waals surface area contributed by atoms with Gasteiger partial charge in [0.2, 0.25) is 0 Å². The van der Waals surface area contributed by atoms with Gasteiger partial charge in [-0.1, -0.05) is 24.3 Å². The Labute approximate surface area is 207 Å². The van der Waals surface area contributed by atoms with Crippen molar-refractivity contribution in [3.8, 4) is 5.75 Å². The number of benzene rings is 2. The molecule has 0 saturated carbocycles. The van der Waals surface area contributed by atoms with Crippen LogP contribution in [0.15, 0.2) is 60.0 Å². The number of nitrogens with zero attached hydrogens (tertiary/aromatic N) is 3. The molecule has 10 heteroatoms. The van der Waals surface area contributed by atoms with Gasteiger partial charge in [0.05, 0.1) is 16.3 Å². The van der Waals surface area contributed by atoms with Gasteiger partial charge in [0.15, 0.2) is 6.61 Å². The predicted octanol–water partition coefficient (Wildman–Crippen LogP) is 3.56. The highest BCUT2D eigenvalue weighted by atomic mass is 32.1. The molecule has 1 N–H and O–H groups in total. The monoisotopic (exact) mass is 494 g/mol. The van der Waals surface area contributed by atoms with Crippen LogP contribution in [0.3, 0.4) is 0 Å². The summed E-state index contributed by atoms with van der Waals surface area (Å²) in [6, 6.07) is 15.6. The lowest BCUT2D eigenvalue weighted by atomic mass is 10.2. The minimum atomic E-state index is -0.603. The normalized spacial score (nSPS) is 13.3. The zero-order valence-electron chi connectivity index (χ0n) is 19.3. The lowest BCUT2D eigenvalue weighted by molar-refractivity contribution is -0.135. The summed E-state index contributed by atoms with van der Waals surface area (Å²) in [6.07, 6.45) is 0. The maximum atomic E-state index is 12.5. The second kappa shape index (κ2) is 11.5. The van der Waals surface area contributed by atoms with Crippen LogP contribution in [0, 0.1) is 6.92 Å². The first kappa shape index (κ1) is 24.2. The maximum absolute atomic E-state index is 12.5. The van der Waals surface area contributed by atoms with Gasteiger partial charge in [-0.05, 0) is 37.3 Å². The molecule has 1 fully saturated rings. The number of aryl methyl sites for hydroxylation is 1. The Hall–Kier alpha value is -3.92. The van der Waals surface area contributed by atoms with E-state index in [1.54, 1.807) is 45.4 Å². The average molecular weight is 495 g/mol. The fourth-order valence-electron chi connectivity index (χ4n) is 3.53. The molecule has 0 atom stereocenters. The van der Waals surface area contributed by atoms with Crippen molar-refractivity contribution in [2.24, 2.45) is 0 Å². The number of ether oxygens (including phenoxy) is 2. The summed E-state index contributed by atoms with van der Waals surface area (Å²) in [5.74, 6) is -0.386. The highest BCUT2D eigenvalue weighted by Gasteiger charge is 2.25. The molecule has 1 aliphatic heterocycles. The first-order chi connectivity index (χ1) is 17.0. The Bertz CT molecular complexity index is 1180. The molecule has 0 unspecified atom stereocenters. The summed E-state index contributed by atoms with van der Waals surface area (Å²) < 4.78 is 10.9. The number of nitrogens with one attached hydrogen (secondary N) is 1. The van der Waals surface area contributed by atoms with Gasteiger partial charge in [0.1, 0.15) is 12.4 Å². The third-order valence-electron chi connectivity index (χ3n) is 5.39. The average Bonchev–Trinajstić information content (AvgIpc) is 3.31. The van der Waals surface area contributed by atoms with Gasteiger partial charge < -0.3 is 24.6 Å². The van der Waals surface area contributed by atoms with E-state index >= 15 is 0 Å². The fraction of sp³-hybridized carbons (Fsp3) is 0.280. The van der Waals surface area contributed by atoms with Gasteiger partial charge in [-0.25, -0.2) is 14.6 Å². The Morgan fingerprint density at radius 1 is 1.00 bits per heavy atom. The van der Waals surface area contributed by atoms with Crippen molar-refractivity contribution in [3.63, 3.8) is 0 Å². The third kappa shape index (κ3) is 6.80. The molecule has 4 rings (SSSR count). The number of piperazine rings is 1. The lowest BCUT2D eigenvalue weighted by Gasteiger charge is -2.34. The van der Waals surface area contributed by atoms with E-state index < -0.39 is 5.97 Å². The van der Waals surface area contributed by atoms with E-state index in [9.17, 15) is 14.4 Å². The molecule has 2 aromatic carbocycles. The van der Waals surface area contributed by atoms with Crippen molar-refractivity contribution in [2.75, 3.05) is 38.1 Å². The number of anilines is 1.